The van der Waals surface area contributed by atoms with Crippen molar-refractivity contribution in [3.63, 3.8) is 0 Å². The van der Waals surface area contributed by atoms with Crippen molar-refractivity contribution in [3.8, 4) is 5.69 Å². The first-order chi connectivity index (χ1) is 13.0. The summed E-state index contributed by atoms with van der Waals surface area (Å²) in [5.41, 5.74) is 3.87. The molecule has 0 saturated carbocycles. The molecule has 0 fully saturated rings. The summed E-state index contributed by atoms with van der Waals surface area (Å²) in [7, 11) is 1.70. The van der Waals surface area contributed by atoms with Crippen LogP contribution < -0.4 is 0 Å². The average Bonchev–Trinajstić information content (AvgIpc) is 3.10. The first-order valence-corrected chi connectivity index (χ1v) is 9.40. The highest BCUT2D eigenvalue weighted by molar-refractivity contribution is 7.99. The van der Waals surface area contributed by atoms with Crippen molar-refractivity contribution < 1.29 is 9.18 Å². The van der Waals surface area contributed by atoms with Crippen molar-refractivity contribution in [1.82, 2.24) is 25.1 Å². The van der Waals surface area contributed by atoms with Gasteiger partial charge >= 0.3 is 0 Å². The van der Waals surface area contributed by atoms with Gasteiger partial charge in [0.25, 0.3) is 0 Å². The summed E-state index contributed by atoms with van der Waals surface area (Å²) < 4.78 is 14.9. The van der Waals surface area contributed by atoms with E-state index in [1.807, 2.05) is 32.0 Å². The van der Waals surface area contributed by atoms with Gasteiger partial charge in [-0.25, -0.2) is 4.39 Å². The number of benzene rings is 2. The number of thioether (sulfide) groups is 1. The number of amides is 1. The molecule has 0 aliphatic rings. The van der Waals surface area contributed by atoms with Crippen LogP contribution in [0.4, 0.5) is 4.39 Å². The van der Waals surface area contributed by atoms with Gasteiger partial charge in [0.1, 0.15) is 5.82 Å². The van der Waals surface area contributed by atoms with Gasteiger partial charge in [0.05, 0.1) is 11.4 Å². The predicted molar refractivity (Wildman–Crippen MR) is 102 cm³/mol. The Morgan fingerprint density at radius 2 is 2.00 bits per heavy atom. The highest BCUT2D eigenvalue weighted by Gasteiger charge is 2.16. The first kappa shape index (κ1) is 19.0. The van der Waals surface area contributed by atoms with Crippen molar-refractivity contribution in [1.29, 1.82) is 0 Å². The van der Waals surface area contributed by atoms with Crippen LogP contribution in [0.15, 0.2) is 47.6 Å². The van der Waals surface area contributed by atoms with Crippen LogP contribution in [-0.4, -0.2) is 43.8 Å². The second-order valence-corrected chi connectivity index (χ2v) is 7.20. The van der Waals surface area contributed by atoms with Gasteiger partial charge in [-0.15, -0.1) is 5.10 Å². The predicted octanol–water partition coefficient (Wildman–Crippen LogP) is 3.17. The minimum absolute atomic E-state index is 0.0835. The molecular formula is C19H20FN5OS. The molecule has 2 aromatic carbocycles. The lowest BCUT2D eigenvalue weighted by Gasteiger charge is -2.17. The summed E-state index contributed by atoms with van der Waals surface area (Å²) >= 11 is 1.27. The number of hydrogen-bond acceptors (Lipinski definition) is 5. The number of nitrogens with zero attached hydrogens (tertiary/aromatic N) is 5. The highest BCUT2D eigenvalue weighted by atomic mass is 32.2. The number of carbonyl (C=O) groups is 1. The molecule has 0 unspecified atom stereocenters. The third-order valence-corrected chi connectivity index (χ3v) is 5.21. The van der Waals surface area contributed by atoms with E-state index in [9.17, 15) is 9.18 Å². The Morgan fingerprint density at radius 3 is 2.78 bits per heavy atom. The Hall–Kier alpha value is -2.74. The molecule has 1 amide bonds. The molecule has 0 aliphatic heterocycles. The molecule has 3 rings (SSSR count). The zero-order valence-electron chi connectivity index (χ0n) is 15.4. The van der Waals surface area contributed by atoms with Crippen LogP contribution in [0.3, 0.4) is 0 Å². The van der Waals surface area contributed by atoms with Gasteiger partial charge in [-0.3, -0.25) is 4.79 Å². The fourth-order valence-corrected chi connectivity index (χ4v) is 3.44. The standard InChI is InChI=1S/C19H20FN5OS/c1-13-6-4-9-17(14(13)2)25-19(21-22-23-25)27-12-18(26)24(3)11-15-7-5-8-16(20)10-15/h4-10H,11-12H2,1-3H3. The normalized spacial score (nSPS) is 10.8. The lowest BCUT2D eigenvalue weighted by molar-refractivity contribution is -0.127. The molecule has 1 heterocycles. The zero-order chi connectivity index (χ0) is 19.4. The third-order valence-electron chi connectivity index (χ3n) is 4.30. The van der Waals surface area contributed by atoms with Gasteiger partial charge in [0, 0.05) is 13.6 Å². The van der Waals surface area contributed by atoms with Gasteiger partial charge in [0.15, 0.2) is 0 Å². The number of tetrazole rings is 1. The van der Waals surface area contributed by atoms with Crippen molar-refractivity contribution in [2.45, 2.75) is 25.5 Å². The maximum absolute atomic E-state index is 13.3. The smallest absolute Gasteiger partial charge is 0.233 e. The maximum Gasteiger partial charge on any atom is 0.233 e. The van der Waals surface area contributed by atoms with Crippen molar-refractivity contribution in [2.75, 3.05) is 12.8 Å². The zero-order valence-corrected chi connectivity index (χ0v) is 16.2. The Kier molecular flexibility index (Phi) is 5.85. The van der Waals surface area contributed by atoms with E-state index < -0.39 is 0 Å². The Labute approximate surface area is 161 Å². The molecule has 0 N–H and O–H groups in total. The minimum Gasteiger partial charge on any atom is -0.341 e. The minimum atomic E-state index is -0.310. The second-order valence-electron chi connectivity index (χ2n) is 6.26. The largest absolute Gasteiger partial charge is 0.341 e. The molecule has 0 radical (unpaired) electrons. The molecule has 3 aromatic rings. The molecule has 6 nitrogen and oxygen atoms in total. The van der Waals surface area contributed by atoms with Crippen LogP contribution in [0.2, 0.25) is 0 Å². The summed E-state index contributed by atoms with van der Waals surface area (Å²) in [5, 5.41) is 12.4. The second kappa shape index (κ2) is 8.30. The van der Waals surface area contributed by atoms with Gasteiger partial charge in [-0.05, 0) is 59.2 Å². The number of aryl methyl sites for hydroxylation is 1. The lowest BCUT2D eigenvalue weighted by atomic mass is 10.1. The van der Waals surface area contributed by atoms with E-state index in [0.717, 1.165) is 22.4 Å². The van der Waals surface area contributed by atoms with E-state index >= 15 is 0 Å². The van der Waals surface area contributed by atoms with E-state index in [1.54, 1.807) is 28.8 Å². The Bertz CT molecular complexity index is 959. The summed E-state index contributed by atoms with van der Waals surface area (Å²) in [4.78, 5) is 14.0. The fourth-order valence-electron chi connectivity index (χ4n) is 2.62. The monoisotopic (exact) mass is 385 g/mol. The van der Waals surface area contributed by atoms with Crippen LogP contribution in [0, 0.1) is 19.7 Å². The van der Waals surface area contributed by atoms with Gasteiger partial charge in [-0.2, -0.15) is 4.68 Å². The summed E-state index contributed by atoms with van der Waals surface area (Å²) in [5.74, 6) is -0.202. The average molecular weight is 385 g/mol. The van der Waals surface area contributed by atoms with Crippen LogP contribution in [0.25, 0.3) is 5.69 Å². The molecule has 0 aliphatic carbocycles. The van der Waals surface area contributed by atoms with Gasteiger partial charge < -0.3 is 4.90 Å². The maximum atomic E-state index is 13.3. The molecule has 140 valence electrons. The van der Waals surface area contributed by atoms with Crippen LogP contribution >= 0.6 is 11.8 Å². The molecule has 0 bridgehead atoms. The van der Waals surface area contributed by atoms with E-state index in [0.29, 0.717) is 11.7 Å². The van der Waals surface area contributed by atoms with Gasteiger partial charge in [-0.1, -0.05) is 36.0 Å². The molecule has 0 atom stereocenters. The van der Waals surface area contributed by atoms with E-state index in [-0.39, 0.29) is 17.5 Å². The molecule has 8 heteroatoms. The molecule has 27 heavy (non-hydrogen) atoms. The topological polar surface area (TPSA) is 63.9 Å². The first-order valence-electron chi connectivity index (χ1n) is 8.42. The van der Waals surface area contributed by atoms with Crippen molar-refractivity contribution >= 4 is 17.7 Å². The van der Waals surface area contributed by atoms with E-state index in [1.165, 1.54) is 23.9 Å². The highest BCUT2D eigenvalue weighted by Crippen LogP contribution is 2.22. The fraction of sp³-hybridized carbons (Fsp3) is 0.263. The molecule has 0 saturated heterocycles. The molecule has 0 spiro atoms. The molecule has 1 aromatic heterocycles. The van der Waals surface area contributed by atoms with Crippen LogP contribution in [-0.2, 0) is 11.3 Å². The van der Waals surface area contributed by atoms with Crippen LogP contribution in [0.5, 0.6) is 0 Å². The van der Waals surface area contributed by atoms with Crippen LogP contribution in [0.1, 0.15) is 16.7 Å². The quantitative estimate of drug-likeness (QED) is 0.610. The third kappa shape index (κ3) is 4.51. The SMILES string of the molecule is Cc1cccc(-n2nnnc2SCC(=O)N(C)Cc2cccc(F)c2)c1C. The van der Waals surface area contributed by atoms with E-state index in [4.69, 9.17) is 0 Å². The summed E-state index contributed by atoms with van der Waals surface area (Å²) in [6, 6.07) is 12.2. The number of halogens is 1. The van der Waals surface area contributed by atoms with Gasteiger partial charge in [0.2, 0.25) is 11.1 Å². The number of aromatic nitrogens is 4. The number of carbonyl (C=O) groups excluding carboxylic acids is 1. The van der Waals surface area contributed by atoms with E-state index in [2.05, 4.69) is 15.5 Å². The Morgan fingerprint density at radius 1 is 1.22 bits per heavy atom. The number of rotatable bonds is 6. The lowest BCUT2D eigenvalue weighted by Crippen LogP contribution is -2.28. The van der Waals surface area contributed by atoms with Crippen molar-refractivity contribution in [2.24, 2.45) is 0 Å². The summed E-state index contributed by atoms with van der Waals surface area (Å²) in [6.45, 7) is 4.39. The Balaban J connectivity index is 1.66. The number of hydrogen-bond donors (Lipinski definition) is 0. The summed E-state index contributed by atoms with van der Waals surface area (Å²) in [6.07, 6.45) is 0. The molecular weight excluding hydrogens is 365 g/mol. The van der Waals surface area contributed by atoms with Crippen molar-refractivity contribution in [3.05, 3.63) is 65.0 Å².